The standard InChI is InChI=1S/C19H22N2O2/c1-22-18-13-17(21-10-6-7-11-21)19(23-2)12-15(18)14-20-16-8-4-3-5-9-16/h3-5,8-9,12-14H,6-7,10-11H2,1-2H3. The van der Waals surface area contributed by atoms with Gasteiger partial charge in [-0.25, -0.2) is 0 Å². The molecule has 1 heterocycles. The van der Waals surface area contributed by atoms with Crippen LogP contribution in [0.2, 0.25) is 0 Å². The Balaban J connectivity index is 1.95. The molecule has 0 unspecified atom stereocenters. The first-order valence-corrected chi connectivity index (χ1v) is 7.92. The van der Waals surface area contributed by atoms with E-state index >= 15 is 0 Å². The number of ether oxygens (including phenoxy) is 2. The number of benzene rings is 2. The van der Waals surface area contributed by atoms with Gasteiger partial charge in [0.05, 0.1) is 25.6 Å². The molecular formula is C19H22N2O2. The molecule has 3 rings (SSSR count). The fourth-order valence-corrected chi connectivity index (χ4v) is 2.87. The van der Waals surface area contributed by atoms with Crippen LogP contribution in [0.25, 0.3) is 0 Å². The first-order valence-electron chi connectivity index (χ1n) is 7.92. The van der Waals surface area contributed by atoms with E-state index in [2.05, 4.69) is 16.0 Å². The minimum Gasteiger partial charge on any atom is -0.496 e. The predicted octanol–water partition coefficient (Wildman–Crippen LogP) is 4.05. The second-order valence-corrected chi connectivity index (χ2v) is 5.55. The largest absolute Gasteiger partial charge is 0.496 e. The lowest BCUT2D eigenvalue weighted by atomic mass is 10.1. The average molecular weight is 310 g/mol. The van der Waals surface area contributed by atoms with Gasteiger partial charge in [0.1, 0.15) is 11.5 Å². The van der Waals surface area contributed by atoms with Gasteiger partial charge in [0.25, 0.3) is 0 Å². The van der Waals surface area contributed by atoms with Crippen LogP contribution in [0.1, 0.15) is 18.4 Å². The maximum absolute atomic E-state index is 5.59. The molecule has 0 atom stereocenters. The molecular weight excluding hydrogens is 288 g/mol. The molecule has 0 amide bonds. The second kappa shape index (κ2) is 7.18. The molecule has 0 aliphatic carbocycles. The predicted molar refractivity (Wildman–Crippen MR) is 94.7 cm³/mol. The van der Waals surface area contributed by atoms with Crippen LogP contribution in [0.4, 0.5) is 11.4 Å². The van der Waals surface area contributed by atoms with Crippen molar-refractivity contribution in [2.24, 2.45) is 4.99 Å². The first kappa shape index (κ1) is 15.4. The Bertz CT molecular complexity index is 677. The number of hydrogen-bond donors (Lipinski definition) is 0. The summed E-state index contributed by atoms with van der Waals surface area (Å²) in [5, 5.41) is 0. The molecule has 4 heteroatoms. The number of rotatable bonds is 5. The van der Waals surface area contributed by atoms with E-state index in [0.717, 1.165) is 41.5 Å². The van der Waals surface area contributed by atoms with Crippen molar-refractivity contribution in [3.05, 3.63) is 48.0 Å². The van der Waals surface area contributed by atoms with Crippen LogP contribution in [-0.4, -0.2) is 33.5 Å². The van der Waals surface area contributed by atoms with E-state index in [0.29, 0.717) is 0 Å². The van der Waals surface area contributed by atoms with Gasteiger partial charge in [-0.1, -0.05) is 18.2 Å². The topological polar surface area (TPSA) is 34.1 Å². The quantitative estimate of drug-likeness (QED) is 0.781. The summed E-state index contributed by atoms with van der Waals surface area (Å²) in [6.45, 7) is 2.13. The smallest absolute Gasteiger partial charge is 0.143 e. The molecule has 120 valence electrons. The van der Waals surface area contributed by atoms with E-state index in [9.17, 15) is 0 Å². The highest BCUT2D eigenvalue weighted by Crippen LogP contribution is 2.36. The van der Waals surface area contributed by atoms with Gasteiger partial charge < -0.3 is 14.4 Å². The molecule has 1 aliphatic heterocycles. The molecule has 0 saturated carbocycles. The summed E-state index contributed by atoms with van der Waals surface area (Å²) in [4.78, 5) is 6.86. The third-order valence-electron chi connectivity index (χ3n) is 4.09. The van der Waals surface area contributed by atoms with Crippen molar-refractivity contribution in [3.8, 4) is 11.5 Å². The summed E-state index contributed by atoms with van der Waals surface area (Å²) in [7, 11) is 3.40. The number of para-hydroxylation sites is 1. The summed E-state index contributed by atoms with van der Waals surface area (Å²) >= 11 is 0. The Morgan fingerprint density at radius 1 is 0.957 bits per heavy atom. The van der Waals surface area contributed by atoms with Gasteiger partial charge in [-0.15, -0.1) is 0 Å². The van der Waals surface area contributed by atoms with Gasteiger partial charge in [0.2, 0.25) is 0 Å². The molecule has 0 aromatic heterocycles. The highest BCUT2D eigenvalue weighted by atomic mass is 16.5. The highest BCUT2D eigenvalue weighted by Gasteiger charge is 2.19. The van der Waals surface area contributed by atoms with E-state index < -0.39 is 0 Å². The van der Waals surface area contributed by atoms with Crippen LogP contribution in [0, 0.1) is 0 Å². The minimum atomic E-state index is 0.812. The number of hydrogen-bond acceptors (Lipinski definition) is 4. The molecule has 1 saturated heterocycles. The molecule has 0 N–H and O–H groups in total. The molecule has 1 fully saturated rings. The van der Waals surface area contributed by atoms with Crippen LogP contribution in [0.5, 0.6) is 11.5 Å². The Morgan fingerprint density at radius 3 is 2.30 bits per heavy atom. The van der Waals surface area contributed by atoms with Crippen molar-refractivity contribution >= 4 is 17.6 Å². The van der Waals surface area contributed by atoms with Crippen molar-refractivity contribution < 1.29 is 9.47 Å². The number of anilines is 1. The fourth-order valence-electron chi connectivity index (χ4n) is 2.87. The van der Waals surface area contributed by atoms with Crippen molar-refractivity contribution in [3.63, 3.8) is 0 Å². The number of aliphatic imine (C=N–C) groups is 1. The van der Waals surface area contributed by atoms with E-state index in [1.54, 1.807) is 14.2 Å². The van der Waals surface area contributed by atoms with E-state index in [4.69, 9.17) is 9.47 Å². The molecule has 1 aliphatic rings. The molecule has 23 heavy (non-hydrogen) atoms. The molecule has 0 spiro atoms. The highest BCUT2D eigenvalue weighted by molar-refractivity contribution is 5.88. The number of methoxy groups -OCH3 is 2. The summed E-state index contributed by atoms with van der Waals surface area (Å²) < 4.78 is 11.2. The second-order valence-electron chi connectivity index (χ2n) is 5.55. The lowest BCUT2D eigenvalue weighted by Crippen LogP contribution is -2.18. The van der Waals surface area contributed by atoms with Crippen molar-refractivity contribution in [1.29, 1.82) is 0 Å². The lowest BCUT2D eigenvalue weighted by molar-refractivity contribution is 0.402. The fraction of sp³-hybridized carbons (Fsp3) is 0.316. The first-order chi connectivity index (χ1) is 11.3. The normalized spacial score (nSPS) is 14.4. The van der Waals surface area contributed by atoms with Gasteiger partial charge >= 0.3 is 0 Å². The minimum absolute atomic E-state index is 0.812. The van der Waals surface area contributed by atoms with Crippen molar-refractivity contribution in [1.82, 2.24) is 0 Å². The van der Waals surface area contributed by atoms with Gasteiger partial charge in [-0.05, 0) is 31.0 Å². The zero-order valence-corrected chi connectivity index (χ0v) is 13.7. The Hall–Kier alpha value is -2.49. The zero-order chi connectivity index (χ0) is 16.1. The van der Waals surface area contributed by atoms with E-state index in [-0.39, 0.29) is 0 Å². The van der Waals surface area contributed by atoms with Gasteiger partial charge in [0.15, 0.2) is 0 Å². The molecule has 4 nitrogen and oxygen atoms in total. The number of nitrogens with zero attached hydrogens (tertiary/aromatic N) is 2. The van der Waals surface area contributed by atoms with Crippen LogP contribution in [0.3, 0.4) is 0 Å². The third kappa shape index (κ3) is 3.47. The van der Waals surface area contributed by atoms with Crippen LogP contribution in [0.15, 0.2) is 47.5 Å². The van der Waals surface area contributed by atoms with Crippen LogP contribution < -0.4 is 14.4 Å². The molecule has 2 aromatic carbocycles. The van der Waals surface area contributed by atoms with Crippen molar-refractivity contribution in [2.75, 3.05) is 32.2 Å². The molecule has 2 aromatic rings. The Labute approximate surface area is 137 Å². The van der Waals surface area contributed by atoms with E-state index in [1.807, 2.05) is 42.6 Å². The third-order valence-corrected chi connectivity index (χ3v) is 4.09. The summed E-state index contributed by atoms with van der Waals surface area (Å²) in [6.07, 6.45) is 4.27. The van der Waals surface area contributed by atoms with Gasteiger partial charge in [-0.3, -0.25) is 4.99 Å². The van der Waals surface area contributed by atoms with E-state index in [1.165, 1.54) is 12.8 Å². The van der Waals surface area contributed by atoms with Crippen LogP contribution >= 0.6 is 0 Å². The van der Waals surface area contributed by atoms with Gasteiger partial charge in [0, 0.05) is 30.9 Å². The summed E-state index contributed by atoms with van der Waals surface area (Å²) in [6, 6.07) is 13.9. The maximum atomic E-state index is 5.59. The zero-order valence-electron chi connectivity index (χ0n) is 13.7. The Morgan fingerprint density at radius 2 is 1.65 bits per heavy atom. The summed E-state index contributed by atoms with van der Waals surface area (Å²) in [5.41, 5.74) is 2.92. The van der Waals surface area contributed by atoms with Crippen LogP contribution in [-0.2, 0) is 0 Å². The Kier molecular flexibility index (Phi) is 4.81. The molecule has 0 bridgehead atoms. The average Bonchev–Trinajstić information content (AvgIpc) is 3.14. The van der Waals surface area contributed by atoms with Crippen molar-refractivity contribution in [2.45, 2.75) is 12.8 Å². The monoisotopic (exact) mass is 310 g/mol. The maximum Gasteiger partial charge on any atom is 0.143 e. The summed E-state index contributed by atoms with van der Waals surface area (Å²) in [5.74, 6) is 1.68. The van der Waals surface area contributed by atoms with Gasteiger partial charge in [-0.2, -0.15) is 0 Å². The molecule has 0 radical (unpaired) electrons. The SMILES string of the molecule is COc1cc(N2CCCC2)c(OC)cc1C=Nc1ccccc1. The lowest BCUT2D eigenvalue weighted by Gasteiger charge is -2.22.